The lowest BCUT2D eigenvalue weighted by atomic mass is 10.1. The van der Waals surface area contributed by atoms with Gasteiger partial charge in [-0.2, -0.15) is 0 Å². The van der Waals surface area contributed by atoms with Crippen molar-refractivity contribution in [2.45, 2.75) is 6.92 Å². The predicted octanol–water partition coefficient (Wildman–Crippen LogP) is 2.92. The molecule has 0 saturated carbocycles. The molecule has 0 aromatic heterocycles. The summed E-state index contributed by atoms with van der Waals surface area (Å²) in [6, 6.07) is 8.88. The summed E-state index contributed by atoms with van der Waals surface area (Å²) in [5, 5.41) is 2.84. The molecule has 0 spiro atoms. The topological polar surface area (TPSA) is 73.0 Å². The van der Waals surface area contributed by atoms with Crippen molar-refractivity contribution in [2.24, 2.45) is 0 Å². The van der Waals surface area contributed by atoms with Crippen molar-refractivity contribution in [3.8, 4) is 0 Å². The molecule has 2 heterocycles. The first-order chi connectivity index (χ1) is 14.8. The summed E-state index contributed by atoms with van der Waals surface area (Å²) < 4.78 is 13.2. The molecule has 2 aromatic carbocycles. The number of halogens is 2. The number of hydrogen-bond donors (Lipinski definition) is 1. The molecule has 0 aliphatic carbocycles. The molecule has 7 nitrogen and oxygen atoms in total. The maximum absolute atomic E-state index is 13.2. The van der Waals surface area contributed by atoms with E-state index < -0.39 is 5.82 Å². The SMILES string of the molecule is Cc1cc(C(=O)N2CCN(C(=O)c3ccc(F)cc3Cl)CC2)ccc1N1CCNC1=O. The summed E-state index contributed by atoms with van der Waals surface area (Å²) in [7, 11) is 0. The summed E-state index contributed by atoms with van der Waals surface area (Å²) in [6.07, 6.45) is 0. The average molecular weight is 445 g/mol. The Morgan fingerprint density at radius 3 is 2.23 bits per heavy atom. The normalized spacial score (nSPS) is 16.5. The highest BCUT2D eigenvalue weighted by atomic mass is 35.5. The number of aryl methyl sites for hydroxylation is 1. The van der Waals surface area contributed by atoms with Crippen LogP contribution in [0.3, 0.4) is 0 Å². The molecule has 0 radical (unpaired) electrons. The zero-order valence-corrected chi connectivity index (χ0v) is 17.8. The van der Waals surface area contributed by atoms with Crippen LogP contribution in [0.25, 0.3) is 0 Å². The van der Waals surface area contributed by atoms with Gasteiger partial charge in [0.25, 0.3) is 11.8 Å². The zero-order chi connectivity index (χ0) is 22.1. The minimum absolute atomic E-state index is 0.0748. The monoisotopic (exact) mass is 444 g/mol. The summed E-state index contributed by atoms with van der Waals surface area (Å²) in [4.78, 5) is 42.5. The van der Waals surface area contributed by atoms with Crippen LogP contribution in [-0.2, 0) is 0 Å². The first-order valence-corrected chi connectivity index (χ1v) is 10.4. The van der Waals surface area contributed by atoms with Crippen LogP contribution in [0, 0.1) is 12.7 Å². The molecule has 31 heavy (non-hydrogen) atoms. The second kappa shape index (κ2) is 8.55. The van der Waals surface area contributed by atoms with E-state index in [1.807, 2.05) is 6.92 Å². The number of hydrogen-bond acceptors (Lipinski definition) is 3. The van der Waals surface area contributed by atoms with Gasteiger partial charge in [-0.3, -0.25) is 14.5 Å². The van der Waals surface area contributed by atoms with E-state index in [0.717, 1.165) is 17.3 Å². The van der Waals surface area contributed by atoms with Gasteiger partial charge in [-0.15, -0.1) is 0 Å². The van der Waals surface area contributed by atoms with E-state index >= 15 is 0 Å². The fraction of sp³-hybridized carbons (Fsp3) is 0.318. The molecular formula is C22H22ClFN4O3. The smallest absolute Gasteiger partial charge is 0.322 e. The van der Waals surface area contributed by atoms with E-state index in [-0.39, 0.29) is 28.4 Å². The molecule has 162 valence electrons. The number of anilines is 1. The van der Waals surface area contributed by atoms with Crippen LogP contribution < -0.4 is 10.2 Å². The van der Waals surface area contributed by atoms with Crippen molar-refractivity contribution in [1.82, 2.24) is 15.1 Å². The van der Waals surface area contributed by atoms with Crippen LogP contribution >= 0.6 is 11.6 Å². The lowest BCUT2D eigenvalue weighted by Gasteiger charge is -2.35. The Morgan fingerprint density at radius 1 is 0.968 bits per heavy atom. The Kier molecular flexibility index (Phi) is 5.82. The fourth-order valence-electron chi connectivity index (χ4n) is 3.92. The number of nitrogens with one attached hydrogen (secondary N) is 1. The highest BCUT2D eigenvalue weighted by molar-refractivity contribution is 6.33. The summed E-state index contributed by atoms with van der Waals surface area (Å²) in [6.45, 7) is 4.58. The molecule has 0 bridgehead atoms. The maximum Gasteiger partial charge on any atom is 0.322 e. The fourth-order valence-corrected chi connectivity index (χ4v) is 4.17. The lowest BCUT2D eigenvalue weighted by molar-refractivity contribution is 0.0535. The molecule has 4 amide bonds. The van der Waals surface area contributed by atoms with Gasteiger partial charge in [0.15, 0.2) is 0 Å². The molecular weight excluding hydrogens is 423 g/mol. The number of amides is 4. The van der Waals surface area contributed by atoms with Gasteiger partial charge in [-0.1, -0.05) is 11.6 Å². The van der Waals surface area contributed by atoms with Gasteiger partial charge in [-0.05, 0) is 48.9 Å². The van der Waals surface area contributed by atoms with Gasteiger partial charge < -0.3 is 15.1 Å². The second-order valence-electron chi connectivity index (χ2n) is 7.59. The predicted molar refractivity (Wildman–Crippen MR) is 115 cm³/mol. The number of nitrogens with zero attached hydrogens (tertiary/aromatic N) is 3. The van der Waals surface area contributed by atoms with Crippen LogP contribution in [-0.4, -0.2) is 66.9 Å². The number of piperazine rings is 1. The summed E-state index contributed by atoms with van der Waals surface area (Å²) in [5.74, 6) is -0.891. The quantitative estimate of drug-likeness (QED) is 0.791. The number of rotatable bonds is 3. The standard InChI is InChI=1S/C22H22ClFN4O3/c1-14-12-15(2-5-19(14)28-7-6-25-22(28)31)20(29)26-8-10-27(11-9-26)21(30)17-4-3-16(24)13-18(17)23/h2-5,12-13H,6-11H2,1H3,(H,25,31). The Morgan fingerprint density at radius 2 is 1.65 bits per heavy atom. The largest absolute Gasteiger partial charge is 0.336 e. The molecule has 2 aliphatic rings. The van der Waals surface area contributed by atoms with E-state index in [0.29, 0.717) is 44.8 Å². The Balaban J connectivity index is 1.40. The highest BCUT2D eigenvalue weighted by Crippen LogP contribution is 2.24. The lowest BCUT2D eigenvalue weighted by Crippen LogP contribution is -2.50. The van der Waals surface area contributed by atoms with Crippen LogP contribution in [0.2, 0.25) is 5.02 Å². The third-order valence-electron chi connectivity index (χ3n) is 5.61. The van der Waals surface area contributed by atoms with E-state index in [4.69, 9.17) is 11.6 Å². The van der Waals surface area contributed by atoms with Gasteiger partial charge in [0.1, 0.15) is 5.82 Å². The highest BCUT2D eigenvalue weighted by Gasteiger charge is 2.28. The summed E-state index contributed by atoms with van der Waals surface area (Å²) in [5.41, 5.74) is 2.43. The first kappa shape index (κ1) is 21.1. The molecule has 4 rings (SSSR count). The van der Waals surface area contributed by atoms with Crippen LogP contribution in [0.5, 0.6) is 0 Å². The molecule has 2 aromatic rings. The number of benzene rings is 2. The molecule has 2 fully saturated rings. The number of urea groups is 1. The van der Waals surface area contributed by atoms with E-state index in [1.54, 1.807) is 32.9 Å². The van der Waals surface area contributed by atoms with Gasteiger partial charge >= 0.3 is 6.03 Å². The van der Waals surface area contributed by atoms with Gasteiger partial charge in [0, 0.05) is 50.5 Å². The van der Waals surface area contributed by atoms with Crippen LogP contribution in [0.15, 0.2) is 36.4 Å². The van der Waals surface area contributed by atoms with Crippen molar-refractivity contribution in [3.63, 3.8) is 0 Å². The van der Waals surface area contributed by atoms with E-state index in [2.05, 4.69) is 5.32 Å². The molecule has 9 heteroatoms. The van der Waals surface area contributed by atoms with Crippen molar-refractivity contribution < 1.29 is 18.8 Å². The second-order valence-corrected chi connectivity index (χ2v) is 8.00. The third kappa shape index (κ3) is 4.20. The Bertz CT molecular complexity index is 1050. The van der Waals surface area contributed by atoms with Gasteiger partial charge in [-0.25, -0.2) is 9.18 Å². The van der Waals surface area contributed by atoms with Crippen molar-refractivity contribution in [3.05, 3.63) is 63.9 Å². The average Bonchev–Trinajstić information content (AvgIpc) is 3.18. The minimum Gasteiger partial charge on any atom is -0.336 e. The van der Waals surface area contributed by atoms with Crippen LogP contribution in [0.4, 0.5) is 14.9 Å². The first-order valence-electron chi connectivity index (χ1n) is 10.0. The zero-order valence-electron chi connectivity index (χ0n) is 17.0. The van der Waals surface area contributed by atoms with Gasteiger partial charge in [0.05, 0.1) is 10.6 Å². The molecule has 1 N–H and O–H groups in total. The van der Waals surface area contributed by atoms with E-state index in [1.165, 1.54) is 12.1 Å². The maximum atomic E-state index is 13.2. The number of carbonyl (C=O) groups is 3. The minimum atomic E-state index is -0.497. The van der Waals surface area contributed by atoms with Crippen molar-refractivity contribution >= 4 is 35.1 Å². The third-order valence-corrected chi connectivity index (χ3v) is 5.92. The van der Waals surface area contributed by atoms with E-state index in [9.17, 15) is 18.8 Å². The van der Waals surface area contributed by atoms with Gasteiger partial charge in [0.2, 0.25) is 0 Å². The van der Waals surface area contributed by atoms with Crippen LogP contribution in [0.1, 0.15) is 26.3 Å². The molecule has 2 aliphatic heterocycles. The molecule has 0 unspecified atom stereocenters. The van der Waals surface area contributed by atoms with Crippen molar-refractivity contribution in [2.75, 3.05) is 44.2 Å². The Hall–Kier alpha value is -3.13. The summed E-state index contributed by atoms with van der Waals surface area (Å²) >= 11 is 6.01. The molecule has 2 saturated heterocycles. The Labute approximate surface area is 184 Å². The number of carbonyl (C=O) groups excluding carboxylic acids is 3. The van der Waals surface area contributed by atoms with Crippen molar-refractivity contribution in [1.29, 1.82) is 0 Å². The molecule has 0 atom stereocenters.